The van der Waals surface area contributed by atoms with Crippen LogP contribution in [0.1, 0.15) is 36.6 Å². The lowest BCUT2D eigenvalue weighted by atomic mass is 9.97. The highest BCUT2D eigenvalue weighted by atomic mass is 19.1. The second-order valence-corrected chi connectivity index (χ2v) is 7.27. The van der Waals surface area contributed by atoms with Gasteiger partial charge in [0, 0.05) is 18.3 Å². The van der Waals surface area contributed by atoms with E-state index in [1.165, 1.54) is 24.6 Å². The Labute approximate surface area is 181 Å². The quantitative estimate of drug-likeness (QED) is 0.497. The Bertz CT molecular complexity index is 1030. The molecule has 0 fully saturated rings. The molecule has 0 aliphatic carbocycles. The molecule has 3 aromatic carbocycles. The maximum absolute atomic E-state index is 13.8. The minimum Gasteiger partial charge on any atom is -0.326 e. The number of carbonyl (C=O) groups is 2. The molecule has 0 aliphatic rings. The molecule has 5 nitrogen and oxygen atoms in total. The van der Waals surface area contributed by atoms with Crippen LogP contribution in [0.2, 0.25) is 0 Å². The first-order chi connectivity index (χ1) is 14.9. The van der Waals surface area contributed by atoms with E-state index in [1.807, 2.05) is 30.3 Å². The molecule has 0 radical (unpaired) electrons. The number of nitrogens with one attached hydrogen (secondary N) is 3. The number of carbonyl (C=O) groups excluding carboxylic acids is 2. The van der Waals surface area contributed by atoms with E-state index in [1.54, 1.807) is 30.3 Å². The van der Waals surface area contributed by atoms with Crippen molar-refractivity contribution in [2.24, 2.45) is 0 Å². The summed E-state index contributed by atoms with van der Waals surface area (Å²) in [6.45, 7) is 3.57. The Morgan fingerprint density at radius 1 is 0.871 bits per heavy atom. The Morgan fingerprint density at radius 2 is 1.52 bits per heavy atom. The summed E-state index contributed by atoms with van der Waals surface area (Å²) in [4.78, 5) is 23.6. The average molecular weight is 420 g/mol. The van der Waals surface area contributed by atoms with Crippen molar-refractivity contribution in [2.75, 3.05) is 17.2 Å². The lowest BCUT2D eigenvalue weighted by Gasteiger charge is -2.20. The summed E-state index contributed by atoms with van der Waals surface area (Å²) >= 11 is 0. The fraction of sp³-hybridized carbons (Fsp3) is 0.200. The first kappa shape index (κ1) is 22.2. The zero-order valence-electron chi connectivity index (χ0n) is 17.6. The summed E-state index contributed by atoms with van der Waals surface area (Å²) < 4.78 is 13.8. The molecule has 3 aromatic rings. The van der Waals surface area contributed by atoms with Crippen LogP contribution in [0.25, 0.3) is 0 Å². The fourth-order valence-corrected chi connectivity index (χ4v) is 3.30. The van der Waals surface area contributed by atoms with Gasteiger partial charge in [-0.3, -0.25) is 14.9 Å². The molecule has 2 amide bonds. The van der Waals surface area contributed by atoms with Gasteiger partial charge in [0.2, 0.25) is 11.8 Å². The van der Waals surface area contributed by atoms with Crippen molar-refractivity contribution in [3.63, 3.8) is 0 Å². The van der Waals surface area contributed by atoms with Crippen LogP contribution < -0.4 is 16.0 Å². The van der Waals surface area contributed by atoms with E-state index in [-0.39, 0.29) is 30.2 Å². The SMILES string of the molecule is CCc1ccc([C@H](NCC(=O)Nc2ccc(NC(C)=O)cc2)c2cccc(F)c2)cc1. The molecule has 3 rings (SSSR count). The van der Waals surface area contributed by atoms with Crippen molar-refractivity contribution in [1.82, 2.24) is 5.32 Å². The highest BCUT2D eigenvalue weighted by Gasteiger charge is 2.16. The second-order valence-electron chi connectivity index (χ2n) is 7.27. The van der Waals surface area contributed by atoms with Gasteiger partial charge in [-0.15, -0.1) is 0 Å². The van der Waals surface area contributed by atoms with E-state index in [0.29, 0.717) is 11.4 Å². The van der Waals surface area contributed by atoms with Crippen molar-refractivity contribution in [3.05, 3.63) is 95.3 Å². The molecule has 0 saturated heterocycles. The number of hydrogen-bond donors (Lipinski definition) is 3. The number of halogens is 1. The van der Waals surface area contributed by atoms with Crippen LogP contribution in [0, 0.1) is 5.82 Å². The molecule has 0 saturated carbocycles. The molecule has 6 heteroatoms. The lowest BCUT2D eigenvalue weighted by molar-refractivity contribution is -0.115. The topological polar surface area (TPSA) is 70.2 Å². The van der Waals surface area contributed by atoms with Gasteiger partial charge in [0.1, 0.15) is 5.82 Å². The molecule has 0 aliphatic heterocycles. The predicted octanol–water partition coefficient (Wildman–Crippen LogP) is 4.66. The van der Waals surface area contributed by atoms with Crippen LogP contribution in [0.15, 0.2) is 72.8 Å². The standard InChI is InChI=1S/C25H26FN3O2/c1-3-18-7-9-19(10-8-18)25(20-5-4-6-21(26)15-20)27-16-24(31)29-23-13-11-22(12-14-23)28-17(2)30/h4-15,25,27H,3,16H2,1-2H3,(H,28,30)(H,29,31)/t25-/m0/s1. The van der Waals surface area contributed by atoms with Crippen LogP contribution in [-0.2, 0) is 16.0 Å². The Balaban J connectivity index is 1.69. The lowest BCUT2D eigenvalue weighted by Crippen LogP contribution is -2.32. The Morgan fingerprint density at radius 3 is 2.10 bits per heavy atom. The molecule has 0 aromatic heterocycles. The Hall–Kier alpha value is -3.51. The molecule has 3 N–H and O–H groups in total. The second kappa shape index (κ2) is 10.5. The highest BCUT2D eigenvalue weighted by Crippen LogP contribution is 2.23. The van der Waals surface area contributed by atoms with Gasteiger partial charge >= 0.3 is 0 Å². The van der Waals surface area contributed by atoms with Gasteiger partial charge in [-0.05, 0) is 59.5 Å². The van der Waals surface area contributed by atoms with Gasteiger partial charge in [-0.2, -0.15) is 0 Å². The van der Waals surface area contributed by atoms with Crippen LogP contribution in [0.3, 0.4) is 0 Å². The normalized spacial score (nSPS) is 11.6. The minimum absolute atomic E-state index is 0.0458. The van der Waals surface area contributed by atoms with E-state index in [2.05, 4.69) is 22.9 Å². The largest absolute Gasteiger partial charge is 0.326 e. The fourth-order valence-electron chi connectivity index (χ4n) is 3.30. The van der Waals surface area contributed by atoms with Crippen molar-refractivity contribution in [1.29, 1.82) is 0 Å². The van der Waals surface area contributed by atoms with E-state index < -0.39 is 0 Å². The van der Waals surface area contributed by atoms with Crippen LogP contribution in [-0.4, -0.2) is 18.4 Å². The summed E-state index contributed by atoms with van der Waals surface area (Å²) in [5, 5.41) is 8.74. The van der Waals surface area contributed by atoms with Gasteiger partial charge in [-0.25, -0.2) is 4.39 Å². The summed E-state index contributed by atoms with van der Waals surface area (Å²) in [7, 11) is 0. The number of amides is 2. The maximum atomic E-state index is 13.8. The minimum atomic E-state index is -0.325. The van der Waals surface area contributed by atoms with Gasteiger partial charge in [0.15, 0.2) is 0 Å². The van der Waals surface area contributed by atoms with Gasteiger partial charge in [0.05, 0.1) is 12.6 Å². The molecule has 31 heavy (non-hydrogen) atoms. The third kappa shape index (κ3) is 6.49. The van der Waals surface area contributed by atoms with E-state index in [4.69, 9.17) is 0 Å². The number of anilines is 2. The monoisotopic (exact) mass is 419 g/mol. The third-order valence-corrected chi connectivity index (χ3v) is 4.86. The Kier molecular flexibility index (Phi) is 7.51. The first-order valence-electron chi connectivity index (χ1n) is 10.2. The summed E-state index contributed by atoms with van der Waals surface area (Å²) in [5.41, 5.74) is 4.19. The summed E-state index contributed by atoms with van der Waals surface area (Å²) in [6, 6.07) is 21.0. The molecule has 1 atom stereocenters. The van der Waals surface area contributed by atoms with Crippen molar-refractivity contribution in [3.8, 4) is 0 Å². The van der Waals surface area contributed by atoms with Crippen LogP contribution in [0.4, 0.5) is 15.8 Å². The molecule has 0 spiro atoms. The molecule has 0 unspecified atom stereocenters. The van der Waals surface area contributed by atoms with Gasteiger partial charge in [-0.1, -0.05) is 43.3 Å². The maximum Gasteiger partial charge on any atom is 0.238 e. The molecule has 0 bridgehead atoms. The van der Waals surface area contributed by atoms with Gasteiger partial charge < -0.3 is 10.6 Å². The predicted molar refractivity (Wildman–Crippen MR) is 121 cm³/mol. The summed E-state index contributed by atoms with van der Waals surface area (Å²) in [6.07, 6.45) is 0.932. The summed E-state index contributed by atoms with van der Waals surface area (Å²) in [5.74, 6) is -0.701. The molecule has 0 heterocycles. The number of aryl methyl sites for hydroxylation is 1. The van der Waals surface area contributed by atoms with E-state index >= 15 is 0 Å². The van der Waals surface area contributed by atoms with Crippen molar-refractivity contribution in [2.45, 2.75) is 26.3 Å². The number of hydrogen-bond acceptors (Lipinski definition) is 3. The highest BCUT2D eigenvalue weighted by molar-refractivity contribution is 5.93. The van der Waals surface area contributed by atoms with Crippen LogP contribution in [0.5, 0.6) is 0 Å². The van der Waals surface area contributed by atoms with E-state index in [0.717, 1.165) is 17.5 Å². The average Bonchev–Trinajstić information content (AvgIpc) is 2.75. The molecule has 160 valence electrons. The zero-order chi connectivity index (χ0) is 22.2. The van der Waals surface area contributed by atoms with Crippen LogP contribution >= 0.6 is 0 Å². The van der Waals surface area contributed by atoms with Gasteiger partial charge in [0.25, 0.3) is 0 Å². The zero-order valence-corrected chi connectivity index (χ0v) is 17.6. The van der Waals surface area contributed by atoms with Crippen molar-refractivity contribution >= 4 is 23.2 Å². The first-order valence-corrected chi connectivity index (χ1v) is 10.2. The smallest absolute Gasteiger partial charge is 0.238 e. The number of rotatable bonds is 8. The molecular formula is C25H26FN3O2. The van der Waals surface area contributed by atoms with Crippen molar-refractivity contribution < 1.29 is 14.0 Å². The van der Waals surface area contributed by atoms with E-state index in [9.17, 15) is 14.0 Å². The molecular weight excluding hydrogens is 393 g/mol. The third-order valence-electron chi connectivity index (χ3n) is 4.86. The number of benzene rings is 3.